The molecule has 20 rings (SSSR count). The fourth-order valence-corrected chi connectivity index (χ4v) is 26.9. The highest BCUT2D eigenvalue weighted by molar-refractivity contribution is 8.76. The Hall–Kier alpha value is -2.66. The second kappa shape index (κ2) is 16.5. The van der Waals surface area contributed by atoms with Crippen LogP contribution in [0.1, 0.15) is 176 Å². The fourth-order valence-electron chi connectivity index (χ4n) is 24.1. The Morgan fingerprint density at radius 2 is 1.71 bits per heavy atom. The Morgan fingerprint density at radius 1 is 0.853 bits per heavy atom. The van der Waals surface area contributed by atoms with E-state index in [1.807, 2.05) is 0 Å². The molecule has 18 atom stereocenters. The van der Waals surface area contributed by atoms with E-state index in [4.69, 9.17) is 15.2 Å². The van der Waals surface area contributed by atoms with Crippen molar-refractivity contribution in [1.29, 1.82) is 0 Å². The van der Waals surface area contributed by atoms with Crippen LogP contribution in [0.4, 0.5) is 0 Å². The van der Waals surface area contributed by atoms with Crippen molar-refractivity contribution in [3.63, 3.8) is 0 Å². The van der Waals surface area contributed by atoms with E-state index in [0.717, 1.165) is 62.2 Å². The molecule has 3 saturated heterocycles. The number of nitrogens with two attached hydrogens (primary N) is 1. The van der Waals surface area contributed by atoms with Crippen LogP contribution in [0.3, 0.4) is 0 Å². The summed E-state index contributed by atoms with van der Waals surface area (Å²) in [6, 6.07) is 7.26. The van der Waals surface area contributed by atoms with Crippen LogP contribution in [-0.4, -0.2) is 76.6 Å². The Morgan fingerprint density at radius 3 is 2.60 bits per heavy atom. The number of fused-ring (bicyclic) bond motifs is 6. The molecular formula is C65H83N3O5S2. The number of esters is 2. The quantitative estimate of drug-likeness (QED) is 0.172. The lowest BCUT2D eigenvalue weighted by Crippen LogP contribution is -2.78. The fraction of sp³-hybridized carbons (Fsp3) is 0.754. The lowest BCUT2D eigenvalue weighted by molar-refractivity contribution is -0.284. The number of piperidine rings is 2. The molecule has 16 bridgehead atoms. The Labute approximate surface area is 454 Å². The van der Waals surface area contributed by atoms with Crippen molar-refractivity contribution in [3.05, 3.63) is 80.5 Å². The van der Waals surface area contributed by atoms with Gasteiger partial charge < -0.3 is 25.2 Å². The SMILES string of the molecule is C[C@@H]1CC2=C3[C@H]4C5=C6[C@H]7C[C@]41C[C@H]1CSSC[C@@H]4CCCC[C@H]4[C@@H](C=C17)C[C@H]1[C@]64C(=O)OC(=C(O)C[C@H]([C@H]6CCCC7(CCCC7)C6)N6C[C@@H]7C[C@H](C6)[C@@H](CC2)N3C7)[C@@]4(CC5)[C@]12OC(=O)c1c(CCCN)cccc12. The van der Waals surface area contributed by atoms with E-state index in [9.17, 15) is 5.11 Å². The molecule has 0 amide bonds. The van der Waals surface area contributed by atoms with Crippen LogP contribution in [0.2, 0.25) is 0 Å². The van der Waals surface area contributed by atoms with Gasteiger partial charge in [0.15, 0.2) is 11.4 Å². The van der Waals surface area contributed by atoms with E-state index in [0.29, 0.717) is 95.8 Å². The number of hydrogen-bond acceptors (Lipinski definition) is 10. The number of nitrogens with zero attached hydrogens (tertiary/aromatic N) is 2. The van der Waals surface area contributed by atoms with Crippen molar-refractivity contribution in [2.75, 3.05) is 37.7 Å². The third-order valence-corrected chi connectivity index (χ3v) is 29.0. The van der Waals surface area contributed by atoms with E-state index in [2.05, 4.69) is 62.6 Å². The number of rotatable bonds is 4. The monoisotopic (exact) mass is 1050 g/mol. The number of carbonyl (C=O) groups is 2. The number of ether oxygens (including phenoxy) is 2. The predicted molar refractivity (Wildman–Crippen MR) is 295 cm³/mol. The first-order valence-electron chi connectivity index (χ1n) is 31.3. The Kier molecular flexibility index (Phi) is 10.4. The molecule has 5 spiro atoms. The minimum absolute atomic E-state index is 0.111. The lowest BCUT2D eigenvalue weighted by atomic mass is 9.26. The number of aliphatic hydroxyl groups is 1. The minimum Gasteiger partial charge on any atom is -0.509 e. The van der Waals surface area contributed by atoms with Gasteiger partial charge >= 0.3 is 11.9 Å². The van der Waals surface area contributed by atoms with Gasteiger partial charge in [0.05, 0.1) is 11.0 Å². The topological polar surface area (TPSA) is 105 Å². The average Bonchev–Trinajstić information content (AvgIpc) is 4.22. The molecule has 1 aromatic rings. The van der Waals surface area contributed by atoms with Gasteiger partial charge in [0, 0.05) is 78.7 Å². The summed E-state index contributed by atoms with van der Waals surface area (Å²) >= 11 is 0. The van der Waals surface area contributed by atoms with E-state index >= 15 is 9.59 Å². The number of aliphatic hydroxyl groups excluding tert-OH is 1. The molecular weight excluding hydrogens is 967 g/mol. The molecule has 8 fully saturated rings. The van der Waals surface area contributed by atoms with Crippen molar-refractivity contribution in [2.24, 2.45) is 92.5 Å². The summed E-state index contributed by atoms with van der Waals surface area (Å²) in [5, 5.41) is 13.9. The number of hydrogen-bond donors (Lipinski definition) is 2. The molecule has 9 aliphatic carbocycles. The van der Waals surface area contributed by atoms with Gasteiger partial charge in [-0.2, -0.15) is 0 Å². The van der Waals surface area contributed by atoms with Crippen molar-refractivity contribution >= 4 is 33.5 Å². The standard InChI is InChI=1S/C65H83N3O5S2/c1-36-23-39-15-16-50-43-24-37-31-67(33-43)51(40-11-7-20-61(28-40)18-4-5-19-61)27-52(69)58-63-21-17-46-55-48-30-62(36,56(46)57(39)68(50)32-37)29-44-35-75-74-34-41-9-2-3-13-45(41)42(25-47(44)48)26-53(64(55,63)60(71)72-58)65(63)49-14-6-10-38(12-8-22-66)54(49)59(70)73-65/h6,10,14,25,36-37,40-45,48,50-51,53,56,69H,2-5,7-9,11-13,15-24,26-35,66H2,1H3/t36-,37+,40+,41+,42+,43-,44+,45-,48+,50-,51-,53+,56-,62+,63-,64-,65-/m1/s1. The van der Waals surface area contributed by atoms with Crippen LogP contribution in [0, 0.1) is 86.8 Å². The van der Waals surface area contributed by atoms with Gasteiger partial charge in [-0.3, -0.25) is 9.69 Å². The molecule has 10 heteroatoms. The van der Waals surface area contributed by atoms with Crippen molar-refractivity contribution < 1.29 is 24.2 Å². The second-order valence-electron chi connectivity index (χ2n) is 28.9. The molecule has 10 heterocycles. The third-order valence-electron chi connectivity index (χ3n) is 26.4. The second-order valence-corrected chi connectivity index (χ2v) is 31.5. The van der Waals surface area contributed by atoms with Gasteiger partial charge in [-0.15, -0.1) is 0 Å². The van der Waals surface area contributed by atoms with E-state index in [1.54, 1.807) is 22.4 Å². The zero-order valence-corrected chi connectivity index (χ0v) is 46.5. The molecule has 400 valence electrons. The van der Waals surface area contributed by atoms with Gasteiger partial charge in [-0.25, -0.2) is 4.79 Å². The summed E-state index contributed by atoms with van der Waals surface area (Å²) in [5.41, 5.74) is 14.4. The van der Waals surface area contributed by atoms with Gasteiger partial charge in [0.25, 0.3) is 0 Å². The first-order valence-corrected chi connectivity index (χ1v) is 33.7. The molecule has 75 heavy (non-hydrogen) atoms. The van der Waals surface area contributed by atoms with Crippen LogP contribution < -0.4 is 5.73 Å². The number of carbonyl (C=O) groups excluding carboxylic acids is 2. The minimum atomic E-state index is -1.14. The molecule has 10 aliphatic heterocycles. The summed E-state index contributed by atoms with van der Waals surface area (Å²) in [6.45, 7) is 6.57. The molecule has 0 radical (unpaired) electrons. The van der Waals surface area contributed by atoms with Crippen LogP contribution >= 0.6 is 21.6 Å². The highest BCUT2D eigenvalue weighted by atomic mass is 33.1. The summed E-state index contributed by atoms with van der Waals surface area (Å²) in [7, 11) is 4.35. The summed E-state index contributed by atoms with van der Waals surface area (Å²) in [4.78, 5) is 38.5. The van der Waals surface area contributed by atoms with Crippen LogP contribution in [0.15, 0.2) is 63.8 Å². The van der Waals surface area contributed by atoms with E-state index in [1.165, 1.54) is 120 Å². The number of aryl methyl sites for hydroxylation is 1. The summed E-state index contributed by atoms with van der Waals surface area (Å²) < 4.78 is 15.0. The molecule has 1 aromatic carbocycles. The molecule has 1 unspecified atom stereocenters. The first-order chi connectivity index (χ1) is 36.6. The largest absolute Gasteiger partial charge is 0.509 e. The Bertz CT molecular complexity index is 2810. The van der Waals surface area contributed by atoms with Crippen molar-refractivity contribution in [1.82, 2.24) is 9.80 Å². The highest BCUT2D eigenvalue weighted by Gasteiger charge is 2.94. The normalized spacial score (nSPS) is 48.1. The van der Waals surface area contributed by atoms with Gasteiger partial charge in [0.1, 0.15) is 11.2 Å². The number of allylic oxidation sites excluding steroid dienone is 4. The predicted octanol–water partition coefficient (Wildman–Crippen LogP) is 13.0. The third kappa shape index (κ3) is 5.84. The maximum atomic E-state index is 16.9. The highest BCUT2D eigenvalue weighted by Crippen LogP contribution is 2.90. The van der Waals surface area contributed by atoms with E-state index in [-0.39, 0.29) is 47.1 Å². The molecule has 3 N–H and O–H groups in total. The summed E-state index contributed by atoms with van der Waals surface area (Å²) in [6.07, 6.45) is 30.2. The molecule has 19 aliphatic rings. The van der Waals surface area contributed by atoms with Crippen LogP contribution in [-0.2, 0) is 26.3 Å². The Balaban J connectivity index is 0.964. The van der Waals surface area contributed by atoms with Gasteiger partial charge in [-0.1, -0.05) is 102 Å². The van der Waals surface area contributed by atoms with Gasteiger partial charge in [0.2, 0.25) is 0 Å². The van der Waals surface area contributed by atoms with Crippen LogP contribution in [0.5, 0.6) is 0 Å². The van der Waals surface area contributed by atoms with Gasteiger partial charge in [-0.05, 0) is 191 Å². The summed E-state index contributed by atoms with van der Waals surface area (Å²) in [5.74, 6) is 7.06. The first kappa shape index (κ1) is 47.2. The van der Waals surface area contributed by atoms with Crippen molar-refractivity contribution in [2.45, 2.75) is 179 Å². The van der Waals surface area contributed by atoms with E-state index < -0.39 is 16.4 Å². The molecule has 0 aromatic heterocycles. The lowest BCUT2D eigenvalue weighted by Gasteiger charge is -2.75. The average molecular weight is 1050 g/mol. The molecule has 8 nitrogen and oxygen atoms in total. The van der Waals surface area contributed by atoms with Crippen molar-refractivity contribution in [3.8, 4) is 0 Å². The maximum absolute atomic E-state index is 16.9. The molecule has 5 saturated carbocycles. The zero-order valence-electron chi connectivity index (χ0n) is 44.9. The zero-order chi connectivity index (χ0) is 50.0. The maximum Gasteiger partial charge on any atom is 0.339 e. The number of benzene rings is 1. The smallest absolute Gasteiger partial charge is 0.339 e. The van der Waals surface area contributed by atoms with Crippen LogP contribution in [0.25, 0.3) is 0 Å².